The van der Waals surface area contributed by atoms with Crippen molar-refractivity contribution in [2.24, 2.45) is 0 Å². The summed E-state index contributed by atoms with van der Waals surface area (Å²) in [6.07, 6.45) is 3.55. The molecule has 26 heavy (non-hydrogen) atoms. The topological polar surface area (TPSA) is 53.9 Å². The number of aromatic nitrogens is 3. The van der Waals surface area contributed by atoms with Crippen LogP contribution in [0.25, 0.3) is 11.4 Å². The molecule has 1 N–H and O–H groups in total. The Morgan fingerprint density at radius 3 is 2.62 bits per heavy atom. The summed E-state index contributed by atoms with van der Waals surface area (Å²) in [5, 5.41) is 3.47. The van der Waals surface area contributed by atoms with Crippen molar-refractivity contribution in [2.45, 2.75) is 20.8 Å². The first kappa shape index (κ1) is 17.9. The van der Waals surface area contributed by atoms with Crippen LogP contribution in [0.5, 0.6) is 0 Å². The first-order valence-electron chi connectivity index (χ1n) is 8.82. The fraction of sp³-hybridized carbons (Fsp3) is 0.286. The molecule has 2 heterocycles. The Morgan fingerprint density at radius 2 is 1.88 bits per heavy atom. The molecule has 1 aromatic carbocycles. The van der Waals surface area contributed by atoms with Crippen LogP contribution in [0.15, 0.2) is 48.8 Å². The molecule has 0 saturated carbocycles. The predicted octanol–water partition coefficient (Wildman–Crippen LogP) is 4.01. The van der Waals surface area contributed by atoms with Gasteiger partial charge >= 0.3 is 0 Å². The van der Waals surface area contributed by atoms with Crippen LogP contribution in [-0.4, -0.2) is 35.1 Å². The molecule has 0 saturated heterocycles. The van der Waals surface area contributed by atoms with Gasteiger partial charge in [0, 0.05) is 55.0 Å². The zero-order valence-electron chi connectivity index (χ0n) is 15.8. The molecule has 0 aliphatic heterocycles. The predicted molar refractivity (Wildman–Crippen MR) is 108 cm³/mol. The lowest BCUT2D eigenvalue weighted by Gasteiger charge is -2.21. The molecule has 0 aliphatic rings. The van der Waals surface area contributed by atoms with Gasteiger partial charge in [-0.1, -0.05) is 12.1 Å². The minimum absolute atomic E-state index is 0.704. The molecule has 134 valence electrons. The molecule has 0 unspecified atom stereocenters. The summed E-state index contributed by atoms with van der Waals surface area (Å²) < 4.78 is 0. The Kier molecular flexibility index (Phi) is 5.46. The highest BCUT2D eigenvalue weighted by Gasteiger charge is 2.10. The SMILES string of the molecule is Cc1cccc(N(C)CCNc2nc(-c3cccnc3)nc(C)c2C)c1. The lowest BCUT2D eigenvalue weighted by atomic mass is 10.2. The molecule has 0 spiro atoms. The summed E-state index contributed by atoms with van der Waals surface area (Å²) in [6.45, 7) is 7.86. The second-order valence-corrected chi connectivity index (χ2v) is 6.54. The van der Waals surface area contributed by atoms with Crippen molar-refractivity contribution in [3.05, 3.63) is 65.6 Å². The van der Waals surface area contributed by atoms with Crippen LogP contribution in [0.4, 0.5) is 11.5 Å². The van der Waals surface area contributed by atoms with Crippen LogP contribution >= 0.6 is 0 Å². The highest BCUT2D eigenvalue weighted by atomic mass is 15.1. The van der Waals surface area contributed by atoms with Crippen LogP contribution < -0.4 is 10.2 Å². The van der Waals surface area contributed by atoms with E-state index in [1.165, 1.54) is 11.3 Å². The van der Waals surface area contributed by atoms with E-state index in [1.807, 2.05) is 19.1 Å². The summed E-state index contributed by atoms with van der Waals surface area (Å²) >= 11 is 0. The average Bonchev–Trinajstić information content (AvgIpc) is 2.65. The van der Waals surface area contributed by atoms with Crippen LogP contribution in [0.1, 0.15) is 16.8 Å². The van der Waals surface area contributed by atoms with Gasteiger partial charge in [-0.15, -0.1) is 0 Å². The normalized spacial score (nSPS) is 10.6. The average molecular weight is 347 g/mol. The van der Waals surface area contributed by atoms with Crippen LogP contribution in [0, 0.1) is 20.8 Å². The maximum absolute atomic E-state index is 4.71. The lowest BCUT2D eigenvalue weighted by molar-refractivity contribution is 0.904. The van der Waals surface area contributed by atoms with Gasteiger partial charge in [0.1, 0.15) is 5.82 Å². The molecule has 0 atom stereocenters. The van der Waals surface area contributed by atoms with Crippen molar-refractivity contribution in [1.82, 2.24) is 15.0 Å². The van der Waals surface area contributed by atoms with E-state index >= 15 is 0 Å². The first-order chi connectivity index (χ1) is 12.5. The zero-order valence-corrected chi connectivity index (χ0v) is 15.8. The summed E-state index contributed by atoms with van der Waals surface area (Å²) in [6, 6.07) is 12.4. The second-order valence-electron chi connectivity index (χ2n) is 6.54. The maximum Gasteiger partial charge on any atom is 0.163 e. The van der Waals surface area contributed by atoms with Crippen molar-refractivity contribution in [3.63, 3.8) is 0 Å². The zero-order chi connectivity index (χ0) is 18.5. The lowest BCUT2D eigenvalue weighted by Crippen LogP contribution is -2.25. The van der Waals surface area contributed by atoms with Crippen molar-refractivity contribution in [1.29, 1.82) is 0 Å². The van der Waals surface area contributed by atoms with E-state index in [4.69, 9.17) is 4.98 Å². The molecule has 5 nitrogen and oxygen atoms in total. The molecule has 0 radical (unpaired) electrons. The Balaban J connectivity index is 1.70. The Labute approximate surface area is 155 Å². The van der Waals surface area contributed by atoms with Gasteiger partial charge in [-0.2, -0.15) is 0 Å². The van der Waals surface area contributed by atoms with Crippen molar-refractivity contribution < 1.29 is 0 Å². The van der Waals surface area contributed by atoms with Crippen molar-refractivity contribution in [3.8, 4) is 11.4 Å². The fourth-order valence-corrected chi connectivity index (χ4v) is 2.76. The third kappa shape index (κ3) is 4.17. The van der Waals surface area contributed by atoms with Crippen molar-refractivity contribution >= 4 is 11.5 Å². The number of likely N-dealkylation sites (N-methyl/N-ethyl adjacent to an activating group) is 1. The van der Waals surface area contributed by atoms with Gasteiger partial charge in [0.2, 0.25) is 0 Å². The number of rotatable bonds is 6. The largest absolute Gasteiger partial charge is 0.373 e. The van der Waals surface area contributed by atoms with Crippen LogP contribution in [0.3, 0.4) is 0 Å². The van der Waals surface area contributed by atoms with Crippen LogP contribution in [0.2, 0.25) is 0 Å². The number of benzene rings is 1. The van der Waals surface area contributed by atoms with Crippen molar-refractivity contribution in [2.75, 3.05) is 30.4 Å². The third-order valence-corrected chi connectivity index (χ3v) is 4.49. The van der Waals surface area contributed by atoms with Gasteiger partial charge in [0.05, 0.1) is 0 Å². The Hall–Kier alpha value is -2.95. The molecule has 0 fully saturated rings. The molecule has 2 aromatic heterocycles. The second kappa shape index (κ2) is 7.95. The molecule has 0 aliphatic carbocycles. The Morgan fingerprint density at radius 1 is 1.04 bits per heavy atom. The minimum Gasteiger partial charge on any atom is -0.373 e. The number of nitrogens with one attached hydrogen (secondary N) is 1. The van der Waals surface area contributed by atoms with Gasteiger partial charge in [-0.25, -0.2) is 9.97 Å². The van der Waals surface area contributed by atoms with Gasteiger partial charge in [0.25, 0.3) is 0 Å². The standard InChI is InChI=1S/C21H25N5/c1-15-7-5-9-19(13-15)26(4)12-11-23-20-16(2)17(3)24-21(25-20)18-8-6-10-22-14-18/h5-10,13-14H,11-12H2,1-4H3,(H,23,24,25). The summed E-state index contributed by atoms with van der Waals surface area (Å²) in [4.78, 5) is 15.7. The first-order valence-corrected chi connectivity index (χ1v) is 8.82. The molecule has 0 amide bonds. The molecule has 0 bridgehead atoms. The minimum atomic E-state index is 0.704. The third-order valence-electron chi connectivity index (χ3n) is 4.49. The summed E-state index contributed by atoms with van der Waals surface area (Å²) in [5.41, 5.74) is 5.48. The number of anilines is 2. The van der Waals surface area contributed by atoms with Gasteiger partial charge in [-0.3, -0.25) is 4.98 Å². The molecular weight excluding hydrogens is 322 g/mol. The van der Waals surface area contributed by atoms with Gasteiger partial charge < -0.3 is 10.2 Å². The number of hydrogen-bond acceptors (Lipinski definition) is 5. The fourth-order valence-electron chi connectivity index (χ4n) is 2.76. The van der Waals surface area contributed by atoms with E-state index in [9.17, 15) is 0 Å². The number of aryl methyl sites for hydroxylation is 2. The summed E-state index contributed by atoms with van der Waals surface area (Å²) in [7, 11) is 2.11. The van der Waals surface area contributed by atoms with E-state index in [0.717, 1.165) is 35.7 Å². The van der Waals surface area contributed by atoms with Gasteiger partial charge in [0.15, 0.2) is 5.82 Å². The van der Waals surface area contributed by atoms with Crippen LogP contribution in [-0.2, 0) is 0 Å². The highest BCUT2D eigenvalue weighted by molar-refractivity contribution is 5.58. The molecule has 3 rings (SSSR count). The van der Waals surface area contributed by atoms with Gasteiger partial charge in [-0.05, 0) is 50.6 Å². The highest BCUT2D eigenvalue weighted by Crippen LogP contribution is 2.21. The number of nitrogens with zero attached hydrogens (tertiary/aromatic N) is 4. The summed E-state index contributed by atoms with van der Waals surface area (Å²) in [5.74, 6) is 1.59. The molecule has 3 aromatic rings. The monoisotopic (exact) mass is 347 g/mol. The smallest absolute Gasteiger partial charge is 0.163 e. The van der Waals surface area contributed by atoms with E-state index in [0.29, 0.717) is 5.82 Å². The number of pyridine rings is 1. The van der Waals surface area contributed by atoms with E-state index in [1.54, 1.807) is 12.4 Å². The molecule has 5 heteroatoms. The molecular formula is C21H25N5. The van der Waals surface area contributed by atoms with E-state index < -0.39 is 0 Å². The number of hydrogen-bond donors (Lipinski definition) is 1. The Bertz CT molecular complexity index is 877. The quantitative estimate of drug-likeness (QED) is 0.730. The maximum atomic E-state index is 4.71. The van der Waals surface area contributed by atoms with E-state index in [-0.39, 0.29) is 0 Å². The van der Waals surface area contributed by atoms with E-state index in [2.05, 4.69) is 65.3 Å².